The lowest BCUT2D eigenvalue weighted by molar-refractivity contribution is 0.307. The summed E-state index contributed by atoms with van der Waals surface area (Å²) in [6, 6.07) is 6.10. The minimum Gasteiger partial charge on any atom is -0.310 e. The van der Waals surface area contributed by atoms with Gasteiger partial charge in [-0.25, -0.2) is 0 Å². The number of halogens is 2. The van der Waals surface area contributed by atoms with Gasteiger partial charge in [0, 0.05) is 16.1 Å². The van der Waals surface area contributed by atoms with E-state index in [4.69, 9.17) is 23.2 Å². The zero-order valence-electron chi connectivity index (χ0n) is 12.4. The molecule has 1 unspecified atom stereocenters. The average Bonchev–Trinajstić information content (AvgIpc) is 2.33. The van der Waals surface area contributed by atoms with Crippen molar-refractivity contribution < 1.29 is 0 Å². The van der Waals surface area contributed by atoms with Crippen molar-refractivity contribution in [3.8, 4) is 0 Å². The van der Waals surface area contributed by atoms with Crippen molar-refractivity contribution >= 4 is 23.2 Å². The molecule has 0 spiro atoms. The normalized spacial score (nSPS) is 13.6. The molecule has 19 heavy (non-hydrogen) atoms. The molecule has 0 aromatic heterocycles. The third-order valence-corrected chi connectivity index (χ3v) is 4.28. The largest absolute Gasteiger partial charge is 0.310 e. The highest BCUT2D eigenvalue weighted by atomic mass is 35.5. The predicted octanol–water partition coefficient (Wildman–Crippen LogP) is 5.86. The Morgan fingerprint density at radius 3 is 2.16 bits per heavy atom. The second-order valence-corrected chi connectivity index (χ2v) is 6.76. The third kappa shape index (κ3) is 5.72. The van der Waals surface area contributed by atoms with E-state index in [0.717, 1.165) is 13.0 Å². The highest BCUT2D eigenvalue weighted by Crippen LogP contribution is 2.27. The van der Waals surface area contributed by atoms with E-state index in [0.29, 0.717) is 21.5 Å². The molecule has 0 fully saturated rings. The molecule has 1 rings (SSSR count). The first-order valence-electron chi connectivity index (χ1n) is 7.07. The van der Waals surface area contributed by atoms with Crippen molar-refractivity contribution in [1.82, 2.24) is 5.32 Å². The van der Waals surface area contributed by atoms with Gasteiger partial charge in [-0.1, -0.05) is 57.3 Å². The van der Waals surface area contributed by atoms with Gasteiger partial charge >= 0.3 is 0 Å². The summed E-state index contributed by atoms with van der Waals surface area (Å²) in [7, 11) is 0. The minimum atomic E-state index is 0.323. The molecule has 1 atom stereocenters. The molecule has 0 aliphatic carbocycles. The molecule has 0 aliphatic rings. The molecule has 1 N–H and O–H groups in total. The molecule has 3 heteroatoms. The van der Waals surface area contributed by atoms with Gasteiger partial charge in [0.05, 0.1) is 0 Å². The Bertz CT molecular complexity index is 381. The Hall–Kier alpha value is -0.240. The molecule has 108 valence electrons. The van der Waals surface area contributed by atoms with Crippen LogP contribution in [0.3, 0.4) is 0 Å². The van der Waals surface area contributed by atoms with E-state index in [1.165, 1.54) is 18.4 Å². The van der Waals surface area contributed by atoms with Crippen molar-refractivity contribution in [2.75, 3.05) is 6.54 Å². The Balaban J connectivity index is 2.63. The first-order valence-corrected chi connectivity index (χ1v) is 7.83. The zero-order chi connectivity index (χ0) is 14.5. The molecule has 0 heterocycles. The maximum Gasteiger partial charge on any atom is 0.0424 e. The summed E-state index contributed by atoms with van der Waals surface area (Å²) in [4.78, 5) is 0. The van der Waals surface area contributed by atoms with E-state index in [1.807, 2.05) is 12.1 Å². The first kappa shape index (κ1) is 16.8. The minimum absolute atomic E-state index is 0.323. The lowest BCUT2D eigenvalue weighted by atomic mass is 9.86. The fraction of sp³-hybridized carbons (Fsp3) is 0.625. The van der Waals surface area contributed by atoms with Crippen molar-refractivity contribution in [3.05, 3.63) is 33.8 Å². The van der Waals surface area contributed by atoms with Crippen LogP contribution in [0.4, 0.5) is 0 Å². The van der Waals surface area contributed by atoms with E-state index in [-0.39, 0.29) is 0 Å². The van der Waals surface area contributed by atoms with Crippen molar-refractivity contribution in [2.24, 2.45) is 5.41 Å². The second-order valence-electron chi connectivity index (χ2n) is 5.89. The van der Waals surface area contributed by atoms with Gasteiger partial charge in [-0.3, -0.25) is 0 Å². The van der Waals surface area contributed by atoms with Crippen LogP contribution < -0.4 is 5.32 Å². The van der Waals surface area contributed by atoms with Gasteiger partial charge in [-0.05, 0) is 48.6 Å². The van der Waals surface area contributed by atoms with Gasteiger partial charge in [-0.15, -0.1) is 0 Å². The monoisotopic (exact) mass is 301 g/mol. The van der Waals surface area contributed by atoms with Gasteiger partial charge in [0.1, 0.15) is 0 Å². The van der Waals surface area contributed by atoms with E-state index < -0.39 is 0 Å². The Morgan fingerprint density at radius 2 is 1.68 bits per heavy atom. The quantitative estimate of drug-likeness (QED) is 0.665. The van der Waals surface area contributed by atoms with Gasteiger partial charge in [0.2, 0.25) is 0 Å². The van der Waals surface area contributed by atoms with Crippen LogP contribution in [-0.4, -0.2) is 6.54 Å². The molecule has 1 aromatic carbocycles. The molecule has 0 amide bonds. The van der Waals surface area contributed by atoms with Gasteiger partial charge in [0.15, 0.2) is 0 Å². The van der Waals surface area contributed by atoms with Crippen molar-refractivity contribution in [2.45, 2.75) is 53.0 Å². The number of nitrogens with one attached hydrogen (secondary N) is 1. The van der Waals surface area contributed by atoms with E-state index in [9.17, 15) is 0 Å². The van der Waals surface area contributed by atoms with Crippen LogP contribution in [-0.2, 0) is 0 Å². The molecular weight excluding hydrogens is 277 g/mol. The maximum absolute atomic E-state index is 6.07. The molecular formula is C16H25Cl2N. The number of rotatable bonds is 7. The summed E-state index contributed by atoms with van der Waals surface area (Å²) in [6.45, 7) is 10.1. The molecule has 1 aromatic rings. The summed E-state index contributed by atoms with van der Waals surface area (Å²) < 4.78 is 0. The van der Waals surface area contributed by atoms with Crippen LogP contribution in [0.2, 0.25) is 10.0 Å². The van der Waals surface area contributed by atoms with Crippen LogP contribution in [0.1, 0.15) is 58.6 Å². The lowest BCUT2D eigenvalue weighted by Gasteiger charge is -2.25. The van der Waals surface area contributed by atoms with Gasteiger partial charge < -0.3 is 5.32 Å². The predicted molar refractivity (Wildman–Crippen MR) is 86.2 cm³/mol. The van der Waals surface area contributed by atoms with E-state index in [1.54, 1.807) is 6.07 Å². The van der Waals surface area contributed by atoms with Crippen LogP contribution in [0.15, 0.2) is 18.2 Å². The van der Waals surface area contributed by atoms with E-state index in [2.05, 4.69) is 33.0 Å². The van der Waals surface area contributed by atoms with Gasteiger partial charge in [0.25, 0.3) is 0 Å². The topological polar surface area (TPSA) is 12.0 Å². The summed E-state index contributed by atoms with van der Waals surface area (Å²) in [5.74, 6) is 0. The average molecular weight is 302 g/mol. The van der Waals surface area contributed by atoms with Crippen LogP contribution in [0.5, 0.6) is 0 Å². The summed E-state index contributed by atoms with van der Waals surface area (Å²) >= 11 is 12.1. The molecule has 0 aliphatic heterocycles. The Labute approximate surface area is 127 Å². The molecule has 0 saturated heterocycles. The summed E-state index contributed by atoms with van der Waals surface area (Å²) in [5.41, 5.74) is 1.58. The van der Waals surface area contributed by atoms with Crippen LogP contribution in [0, 0.1) is 5.41 Å². The van der Waals surface area contributed by atoms with Crippen LogP contribution in [0.25, 0.3) is 0 Å². The molecule has 0 saturated carbocycles. The fourth-order valence-corrected chi connectivity index (χ4v) is 2.58. The highest BCUT2D eigenvalue weighted by molar-refractivity contribution is 6.34. The molecule has 0 bridgehead atoms. The number of hydrogen-bond acceptors (Lipinski definition) is 1. The third-order valence-electron chi connectivity index (χ3n) is 3.85. The lowest BCUT2D eigenvalue weighted by Crippen LogP contribution is -2.26. The SMILES string of the molecule is CCC(NCCC(C)(C)CC)c1cc(Cl)cc(Cl)c1. The molecule has 0 radical (unpaired) electrons. The number of hydrogen-bond donors (Lipinski definition) is 1. The smallest absolute Gasteiger partial charge is 0.0424 e. The Kier molecular flexibility index (Phi) is 6.65. The maximum atomic E-state index is 6.07. The first-order chi connectivity index (χ1) is 8.88. The van der Waals surface area contributed by atoms with Crippen molar-refractivity contribution in [3.63, 3.8) is 0 Å². The van der Waals surface area contributed by atoms with Crippen LogP contribution >= 0.6 is 23.2 Å². The standard InChI is InChI=1S/C16H25Cl2N/c1-5-15(19-8-7-16(3,4)6-2)12-9-13(17)11-14(18)10-12/h9-11,15,19H,5-8H2,1-4H3. The zero-order valence-corrected chi connectivity index (χ0v) is 13.9. The van der Waals surface area contributed by atoms with E-state index >= 15 is 0 Å². The molecule has 1 nitrogen and oxygen atoms in total. The summed E-state index contributed by atoms with van der Waals surface area (Å²) in [5, 5.41) is 5.02. The van der Waals surface area contributed by atoms with Gasteiger partial charge in [-0.2, -0.15) is 0 Å². The van der Waals surface area contributed by atoms with Crippen molar-refractivity contribution in [1.29, 1.82) is 0 Å². The Morgan fingerprint density at radius 1 is 1.11 bits per heavy atom. The fourth-order valence-electron chi connectivity index (χ4n) is 2.04. The highest BCUT2D eigenvalue weighted by Gasteiger charge is 2.16. The number of benzene rings is 1. The second kappa shape index (κ2) is 7.52. The summed E-state index contributed by atoms with van der Waals surface area (Å²) in [6.07, 6.45) is 3.41.